The molecule has 0 aliphatic rings. The number of halogens is 3. The van der Waals surface area contributed by atoms with Gasteiger partial charge < -0.3 is 5.32 Å². The maximum absolute atomic E-state index is 11.9. The zero-order chi connectivity index (χ0) is 13.1. The summed E-state index contributed by atoms with van der Waals surface area (Å²) in [6, 6.07) is 8.72. The van der Waals surface area contributed by atoms with E-state index in [-0.39, 0.29) is 16.1 Å². The van der Waals surface area contributed by atoms with Gasteiger partial charge in [0.2, 0.25) is 0 Å². The van der Waals surface area contributed by atoms with Crippen molar-refractivity contribution in [2.24, 2.45) is 0 Å². The maximum atomic E-state index is 11.9. The molecule has 0 atom stereocenters. The lowest BCUT2D eigenvalue weighted by Gasteiger charge is -2.05. The molecule has 1 heterocycles. The topological polar surface area (TPSA) is 42.0 Å². The van der Waals surface area contributed by atoms with Gasteiger partial charge >= 0.3 is 0 Å². The van der Waals surface area contributed by atoms with Crippen LogP contribution in [0, 0.1) is 0 Å². The second kappa shape index (κ2) is 5.69. The Morgan fingerprint density at radius 1 is 1.22 bits per heavy atom. The fourth-order valence-electron chi connectivity index (χ4n) is 1.28. The molecule has 0 radical (unpaired) electrons. The summed E-state index contributed by atoms with van der Waals surface area (Å²) >= 11 is 14.8. The van der Waals surface area contributed by atoms with Crippen LogP contribution in [-0.2, 0) is 0 Å². The number of carbonyl (C=O) groups excluding carboxylic acids is 1. The zero-order valence-corrected chi connectivity index (χ0v) is 12.1. The van der Waals surface area contributed by atoms with Gasteiger partial charge in [0, 0.05) is 16.4 Å². The summed E-state index contributed by atoms with van der Waals surface area (Å²) in [7, 11) is 0. The van der Waals surface area contributed by atoms with Crippen molar-refractivity contribution in [3.05, 3.63) is 56.7 Å². The van der Waals surface area contributed by atoms with Crippen molar-refractivity contribution in [3.8, 4) is 0 Å². The molecule has 0 saturated heterocycles. The summed E-state index contributed by atoms with van der Waals surface area (Å²) < 4.78 is 0.941. The summed E-state index contributed by atoms with van der Waals surface area (Å²) in [6.07, 6.45) is 1.38. The van der Waals surface area contributed by atoms with Gasteiger partial charge in [0.15, 0.2) is 0 Å². The summed E-state index contributed by atoms with van der Waals surface area (Å²) in [5.74, 6) is -0.289. The fourth-order valence-corrected chi connectivity index (χ4v) is 1.82. The molecule has 2 aromatic rings. The predicted octanol–water partition coefficient (Wildman–Crippen LogP) is 4.40. The molecule has 0 unspecified atom stereocenters. The van der Waals surface area contributed by atoms with Crippen LogP contribution in [0.3, 0.4) is 0 Å². The lowest BCUT2D eigenvalue weighted by Crippen LogP contribution is -2.12. The second-order valence-corrected chi connectivity index (χ2v) is 5.14. The molecule has 0 bridgehead atoms. The third kappa shape index (κ3) is 3.22. The largest absolute Gasteiger partial charge is 0.322 e. The molecule has 0 aliphatic carbocycles. The highest BCUT2D eigenvalue weighted by atomic mass is 79.9. The number of benzene rings is 1. The Balaban J connectivity index is 2.16. The second-order valence-electron chi connectivity index (χ2n) is 3.46. The number of aromatic nitrogens is 1. The monoisotopic (exact) mass is 344 g/mol. The van der Waals surface area contributed by atoms with E-state index in [1.165, 1.54) is 12.3 Å². The Labute approximate surface area is 122 Å². The molecular formula is C12H7BrCl2N2O. The predicted molar refractivity (Wildman–Crippen MR) is 76.4 cm³/mol. The van der Waals surface area contributed by atoms with Gasteiger partial charge in [-0.1, -0.05) is 39.1 Å². The molecule has 1 N–H and O–H groups in total. The van der Waals surface area contributed by atoms with Crippen molar-refractivity contribution in [2.75, 3.05) is 5.32 Å². The molecule has 1 aromatic carbocycles. The molecule has 18 heavy (non-hydrogen) atoms. The first-order valence-electron chi connectivity index (χ1n) is 4.94. The number of carbonyl (C=O) groups is 1. The van der Waals surface area contributed by atoms with Crippen LogP contribution in [0.1, 0.15) is 10.4 Å². The molecule has 1 aromatic heterocycles. The van der Waals surface area contributed by atoms with Gasteiger partial charge in [-0.15, -0.1) is 0 Å². The number of nitrogens with zero attached hydrogens (tertiary/aromatic N) is 1. The zero-order valence-electron chi connectivity index (χ0n) is 8.95. The Morgan fingerprint density at radius 3 is 2.50 bits per heavy atom. The van der Waals surface area contributed by atoms with E-state index in [1.54, 1.807) is 12.1 Å². The highest BCUT2D eigenvalue weighted by Crippen LogP contribution is 2.20. The molecule has 1 amide bonds. The Hall–Kier alpha value is -1.10. The van der Waals surface area contributed by atoms with Crippen molar-refractivity contribution in [1.82, 2.24) is 4.98 Å². The number of rotatable bonds is 2. The van der Waals surface area contributed by atoms with Gasteiger partial charge in [0.05, 0.1) is 10.6 Å². The molecule has 0 spiro atoms. The summed E-state index contributed by atoms with van der Waals surface area (Å²) in [6.45, 7) is 0. The van der Waals surface area contributed by atoms with E-state index in [1.807, 2.05) is 12.1 Å². The van der Waals surface area contributed by atoms with E-state index in [0.717, 1.165) is 4.47 Å². The van der Waals surface area contributed by atoms with E-state index in [2.05, 4.69) is 26.2 Å². The van der Waals surface area contributed by atoms with Crippen molar-refractivity contribution in [2.45, 2.75) is 0 Å². The van der Waals surface area contributed by atoms with Crippen LogP contribution in [0.2, 0.25) is 10.2 Å². The van der Waals surface area contributed by atoms with Gasteiger partial charge in [-0.2, -0.15) is 0 Å². The van der Waals surface area contributed by atoms with Crippen LogP contribution >= 0.6 is 39.1 Å². The van der Waals surface area contributed by atoms with Crippen molar-refractivity contribution in [1.29, 1.82) is 0 Å². The average Bonchev–Trinajstić information content (AvgIpc) is 2.35. The molecule has 0 saturated carbocycles. The highest BCUT2D eigenvalue weighted by Gasteiger charge is 2.09. The number of hydrogen-bond acceptors (Lipinski definition) is 2. The molecule has 3 nitrogen and oxygen atoms in total. The first-order valence-corrected chi connectivity index (χ1v) is 6.49. The van der Waals surface area contributed by atoms with Gasteiger partial charge in [-0.25, -0.2) is 4.98 Å². The maximum Gasteiger partial charge on any atom is 0.257 e. The Morgan fingerprint density at radius 2 is 1.89 bits per heavy atom. The van der Waals surface area contributed by atoms with Crippen LogP contribution in [0.4, 0.5) is 5.69 Å². The minimum atomic E-state index is -0.289. The summed E-state index contributed by atoms with van der Waals surface area (Å²) in [4.78, 5) is 15.7. The smallest absolute Gasteiger partial charge is 0.257 e. The van der Waals surface area contributed by atoms with Crippen molar-refractivity contribution in [3.63, 3.8) is 0 Å². The first-order chi connectivity index (χ1) is 8.56. The molecule has 0 aliphatic heterocycles. The number of anilines is 1. The SMILES string of the molecule is O=C(Nc1ccc(Br)cc1)c1cnc(Cl)c(Cl)c1. The first kappa shape index (κ1) is 13.3. The van der Waals surface area contributed by atoms with Crippen LogP contribution in [0.5, 0.6) is 0 Å². The van der Waals surface area contributed by atoms with E-state index in [0.29, 0.717) is 11.3 Å². The van der Waals surface area contributed by atoms with Crippen LogP contribution < -0.4 is 5.32 Å². The van der Waals surface area contributed by atoms with Crippen molar-refractivity contribution < 1.29 is 4.79 Å². The van der Waals surface area contributed by atoms with Gasteiger partial charge in [0.1, 0.15) is 5.15 Å². The number of pyridine rings is 1. The molecule has 2 rings (SSSR count). The third-order valence-electron chi connectivity index (χ3n) is 2.16. The summed E-state index contributed by atoms with van der Waals surface area (Å²) in [5.41, 5.74) is 1.04. The molecule has 92 valence electrons. The molecule has 6 heteroatoms. The normalized spacial score (nSPS) is 10.2. The minimum Gasteiger partial charge on any atom is -0.322 e. The van der Waals surface area contributed by atoms with Crippen molar-refractivity contribution >= 4 is 50.7 Å². The quantitative estimate of drug-likeness (QED) is 0.819. The van der Waals surface area contributed by atoms with E-state index in [4.69, 9.17) is 23.2 Å². The average molecular weight is 346 g/mol. The fraction of sp³-hybridized carbons (Fsp3) is 0. The lowest BCUT2D eigenvalue weighted by molar-refractivity contribution is 0.102. The lowest BCUT2D eigenvalue weighted by atomic mass is 10.2. The van der Waals surface area contributed by atoms with E-state index in [9.17, 15) is 4.79 Å². The van der Waals surface area contributed by atoms with Crippen LogP contribution in [-0.4, -0.2) is 10.9 Å². The number of hydrogen-bond donors (Lipinski definition) is 1. The minimum absolute atomic E-state index is 0.178. The standard InChI is InChI=1S/C12H7BrCl2N2O/c13-8-1-3-9(4-2-8)17-12(18)7-5-10(14)11(15)16-6-7/h1-6H,(H,17,18). The highest BCUT2D eigenvalue weighted by molar-refractivity contribution is 9.10. The Kier molecular flexibility index (Phi) is 4.22. The number of nitrogens with one attached hydrogen (secondary N) is 1. The van der Waals surface area contributed by atoms with Gasteiger partial charge in [-0.05, 0) is 30.3 Å². The molecule has 0 fully saturated rings. The van der Waals surface area contributed by atoms with E-state index < -0.39 is 0 Å². The van der Waals surface area contributed by atoms with E-state index >= 15 is 0 Å². The summed E-state index contributed by atoms with van der Waals surface area (Å²) in [5, 5.41) is 3.16. The van der Waals surface area contributed by atoms with Gasteiger partial charge in [-0.3, -0.25) is 4.79 Å². The Bertz CT molecular complexity index is 587. The third-order valence-corrected chi connectivity index (χ3v) is 3.38. The molecular weight excluding hydrogens is 339 g/mol. The van der Waals surface area contributed by atoms with Crippen LogP contribution in [0.25, 0.3) is 0 Å². The van der Waals surface area contributed by atoms with Gasteiger partial charge in [0.25, 0.3) is 5.91 Å². The number of amides is 1. The van der Waals surface area contributed by atoms with Crippen LogP contribution in [0.15, 0.2) is 41.0 Å².